The zero-order valence-corrected chi connectivity index (χ0v) is 20.8. The second-order valence-corrected chi connectivity index (χ2v) is 10.1. The predicted octanol–water partition coefficient (Wildman–Crippen LogP) is 5.73. The Hall–Kier alpha value is -3.05. The number of nitrogens with two attached hydrogens (primary N) is 1. The number of hydrogen-bond acceptors (Lipinski definition) is 7. The number of ether oxygens (including phenoxy) is 1. The Bertz CT molecular complexity index is 1310. The van der Waals surface area contributed by atoms with E-state index in [-0.39, 0.29) is 22.8 Å². The average molecular weight is 516 g/mol. The van der Waals surface area contributed by atoms with E-state index in [0.717, 1.165) is 13.1 Å². The van der Waals surface area contributed by atoms with Crippen molar-refractivity contribution in [3.05, 3.63) is 74.1 Å². The number of nitriles is 1. The zero-order valence-electron chi connectivity index (χ0n) is 18.5. The SMILES string of the molecule is CC1(C)CN(c2ncc(C(=N)c3cc(OCc4c(Cl)cncc4Cl)c(Cl)cc3N)cc2C#N)C1. The Kier molecular flexibility index (Phi) is 6.59. The monoisotopic (exact) mass is 514 g/mol. The summed E-state index contributed by atoms with van der Waals surface area (Å²) in [4.78, 5) is 10.5. The van der Waals surface area contributed by atoms with E-state index >= 15 is 0 Å². The lowest BCUT2D eigenvalue weighted by Crippen LogP contribution is -2.53. The van der Waals surface area contributed by atoms with Crippen LogP contribution in [0.2, 0.25) is 15.1 Å². The summed E-state index contributed by atoms with van der Waals surface area (Å²) in [5.41, 5.74) is 8.59. The minimum atomic E-state index is 0.0532. The molecule has 0 saturated carbocycles. The van der Waals surface area contributed by atoms with Gasteiger partial charge < -0.3 is 15.4 Å². The van der Waals surface area contributed by atoms with Gasteiger partial charge in [0.2, 0.25) is 0 Å². The molecule has 1 aliphatic heterocycles. The molecule has 10 heteroatoms. The van der Waals surface area contributed by atoms with Gasteiger partial charge in [-0.05, 0) is 23.6 Å². The van der Waals surface area contributed by atoms with Gasteiger partial charge in [0.1, 0.15) is 24.2 Å². The molecule has 1 fully saturated rings. The van der Waals surface area contributed by atoms with E-state index in [1.54, 1.807) is 18.3 Å². The van der Waals surface area contributed by atoms with Gasteiger partial charge in [-0.3, -0.25) is 10.4 Å². The summed E-state index contributed by atoms with van der Waals surface area (Å²) >= 11 is 18.7. The van der Waals surface area contributed by atoms with Crippen LogP contribution >= 0.6 is 34.8 Å². The lowest BCUT2D eigenvalue weighted by atomic mass is 9.84. The molecular weight excluding hydrogens is 495 g/mol. The summed E-state index contributed by atoms with van der Waals surface area (Å²) in [5, 5.41) is 19.4. The van der Waals surface area contributed by atoms with Crippen molar-refractivity contribution in [1.29, 1.82) is 10.7 Å². The Morgan fingerprint density at radius 2 is 1.82 bits per heavy atom. The first-order valence-electron chi connectivity index (χ1n) is 10.3. The molecular formula is C24H21Cl3N6O. The van der Waals surface area contributed by atoms with Crippen LogP contribution in [0.1, 0.15) is 36.1 Å². The Morgan fingerprint density at radius 1 is 1.15 bits per heavy atom. The van der Waals surface area contributed by atoms with Gasteiger partial charge in [-0.1, -0.05) is 48.7 Å². The summed E-state index contributed by atoms with van der Waals surface area (Å²) in [5.74, 6) is 0.935. The Balaban J connectivity index is 1.60. The molecule has 0 amide bonds. The van der Waals surface area contributed by atoms with Crippen LogP contribution in [0, 0.1) is 22.2 Å². The van der Waals surface area contributed by atoms with Crippen LogP contribution in [-0.2, 0) is 6.61 Å². The van der Waals surface area contributed by atoms with Crippen LogP contribution in [-0.4, -0.2) is 28.8 Å². The molecule has 0 radical (unpaired) electrons. The van der Waals surface area contributed by atoms with Crippen molar-refractivity contribution in [3.63, 3.8) is 0 Å². The smallest absolute Gasteiger partial charge is 0.146 e. The summed E-state index contributed by atoms with van der Waals surface area (Å²) in [6, 6.07) is 6.95. The third-order valence-electron chi connectivity index (χ3n) is 5.51. The van der Waals surface area contributed by atoms with E-state index in [0.29, 0.717) is 49.6 Å². The molecule has 1 saturated heterocycles. The summed E-state index contributed by atoms with van der Waals surface area (Å²) in [6.45, 7) is 6.03. The number of pyridine rings is 2. The molecule has 0 atom stereocenters. The molecule has 0 bridgehead atoms. The third-order valence-corrected chi connectivity index (χ3v) is 6.46. The number of benzene rings is 1. The molecule has 3 heterocycles. The van der Waals surface area contributed by atoms with Crippen molar-refractivity contribution in [3.8, 4) is 11.8 Å². The zero-order chi connectivity index (χ0) is 24.6. The van der Waals surface area contributed by atoms with Gasteiger partial charge in [0.15, 0.2) is 0 Å². The summed E-state index contributed by atoms with van der Waals surface area (Å²) < 4.78 is 5.85. The molecule has 34 heavy (non-hydrogen) atoms. The fourth-order valence-electron chi connectivity index (χ4n) is 3.84. The molecule has 4 rings (SSSR count). The molecule has 174 valence electrons. The van der Waals surface area contributed by atoms with Gasteiger partial charge in [-0.25, -0.2) is 4.98 Å². The number of rotatable bonds is 6. The average Bonchev–Trinajstić information content (AvgIpc) is 2.77. The molecule has 3 aromatic rings. The number of nitrogens with one attached hydrogen (secondary N) is 1. The van der Waals surface area contributed by atoms with Gasteiger partial charge in [-0.15, -0.1) is 0 Å². The van der Waals surface area contributed by atoms with Crippen LogP contribution in [0.25, 0.3) is 0 Å². The number of nitrogen functional groups attached to an aromatic ring is 1. The highest BCUT2D eigenvalue weighted by molar-refractivity contribution is 6.35. The minimum absolute atomic E-state index is 0.0532. The van der Waals surface area contributed by atoms with Crippen LogP contribution in [0.4, 0.5) is 11.5 Å². The molecule has 0 spiro atoms. The van der Waals surface area contributed by atoms with Gasteiger partial charge in [0, 0.05) is 54.1 Å². The van der Waals surface area contributed by atoms with Gasteiger partial charge in [-0.2, -0.15) is 5.26 Å². The highest BCUT2D eigenvalue weighted by atomic mass is 35.5. The second-order valence-electron chi connectivity index (χ2n) is 8.84. The lowest BCUT2D eigenvalue weighted by Gasteiger charge is -2.46. The van der Waals surface area contributed by atoms with Crippen molar-refractivity contribution in [2.24, 2.45) is 5.41 Å². The van der Waals surface area contributed by atoms with Crippen molar-refractivity contribution in [1.82, 2.24) is 9.97 Å². The molecule has 1 aromatic carbocycles. The topological polar surface area (TPSA) is 112 Å². The van der Waals surface area contributed by atoms with Crippen LogP contribution in [0.3, 0.4) is 0 Å². The quantitative estimate of drug-likeness (QED) is 0.320. The van der Waals surface area contributed by atoms with Gasteiger partial charge >= 0.3 is 0 Å². The number of halogens is 3. The Morgan fingerprint density at radius 3 is 2.44 bits per heavy atom. The molecule has 3 N–H and O–H groups in total. The third kappa shape index (κ3) is 4.76. The fourth-order valence-corrected chi connectivity index (χ4v) is 4.54. The highest BCUT2D eigenvalue weighted by Gasteiger charge is 2.36. The molecule has 0 unspecified atom stereocenters. The summed E-state index contributed by atoms with van der Waals surface area (Å²) in [6.07, 6.45) is 4.53. The van der Waals surface area contributed by atoms with Gasteiger partial charge in [0.05, 0.1) is 26.3 Å². The van der Waals surface area contributed by atoms with Crippen molar-refractivity contribution < 1.29 is 4.74 Å². The van der Waals surface area contributed by atoms with Crippen LogP contribution in [0.5, 0.6) is 5.75 Å². The van der Waals surface area contributed by atoms with E-state index in [9.17, 15) is 5.26 Å². The van der Waals surface area contributed by atoms with Crippen molar-refractivity contribution >= 4 is 52.0 Å². The molecule has 0 aliphatic carbocycles. The number of aromatic nitrogens is 2. The maximum atomic E-state index is 9.68. The van der Waals surface area contributed by atoms with Crippen molar-refractivity contribution in [2.75, 3.05) is 23.7 Å². The first-order chi connectivity index (χ1) is 16.1. The highest BCUT2D eigenvalue weighted by Crippen LogP contribution is 2.36. The maximum absolute atomic E-state index is 9.68. The second kappa shape index (κ2) is 9.30. The van der Waals surface area contributed by atoms with Crippen LogP contribution < -0.4 is 15.4 Å². The van der Waals surface area contributed by atoms with E-state index in [2.05, 4.69) is 34.8 Å². The predicted molar refractivity (Wildman–Crippen MR) is 135 cm³/mol. The Labute approximate surface area is 212 Å². The number of anilines is 2. The molecule has 7 nitrogen and oxygen atoms in total. The minimum Gasteiger partial charge on any atom is -0.487 e. The van der Waals surface area contributed by atoms with Gasteiger partial charge in [0.25, 0.3) is 0 Å². The number of hydrogen-bond donors (Lipinski definition) is 2. The van der Waals surface area contributed by atoms with E-state index in [4.69, 9.17) is 50.7 Å². The van der Waals surface area contributed by atoms with E-state index < -0.39 is 0 Å². The van der Waals surface area contributed by atoms with Crippen LogP contribution in [0.15, 0.2) is 36.8 Å². The van der Waals surface area contributed by atoms with E-state index in [1.165, 1.54) is 18.5 Å². The summed E-state index contributed by atoms with van der Waals surface area (Å²) in [7, 11) is 0. The molecule has 1 aliphatic rings. The first kappa shape index (κ1) is 24.1. The first-order valence-corrected chi connectivity index (χ1v) is 11.5. The normalized spacial score (nSPS) is 14.3. The largest absolute Gasteiger partial charge is 0.487 e. The van der Waals surface area contributed by atoms with Crippen molar-refractivity contribution in [2.45, 2.75) is 20.5 Å². The van der Waals surface area contributed by atoms with E-state index in [1.807, 2.05) is 0 Å². The number of nitrogens with zero attached hydrogens (tertiary/aromatic N) is 4. The molecule has 2 aromatic heterocycles. The lowest BCUT2D eigenvalue weighted by molar-refractivity contribution is 0.274. The standard InChI is InChI=1S/C24H21Cl3N6O/c1-24(2)11-33(12-24)23-13(6-28)3-14(7-32-23)22(30)15-4-21(17(25)5-20(15)29)34-10-16-18(26)8-31-9-19(16)27/h3-5,7-9,30H,10-12,29H2,1-2H3. The maximum Gasteiger partial charge on any atom is 0.146 e. The fraction of sp³-hybridized carbons (Fsp3) is 0.250.